The van der Waals surface area contributed by atoms with Crippen LogP contribution in [0.3, 0.4) is 0 Å². The molecule has 0 heterocycles. The van der Waals surface area contributed by atoms with Crippen molar-refractivity contribution in [3.8, 4) is 0 Å². The second kappa shape index (κ2) is 6.22. The van der Waals surface area contributed by atoms with Gasteiger partial charge in [-0.2, -0.15) is 0 Å². The van der Waals surface area contributed by atoms with Crippen molar-refractivity contribution in [2.45, 2.75) is 37.8 Å². The van der Waals surface area contributed by atoms with Crippen LogP contribution in [0.25, 0.3) is 0 Å². The number of nitrogens with zero attached hydrogens (tertiary/aromatic N) is 1. The van der Waals surface area contributed by atoms with Crippen LogP contribution < -0.4 is 5.32 Å². The van der Waals surface area contributed by atoms with Crippen LogP contribution in [0, 0.1) is 0 Å². The fraction of sp³-hybridized carbons (Fsp3) is 0.429. The first-order valence-electron chi connectivity index (χ1n) is 6.42. The highest BCUT2D eigenvalue weighted by molar-refractivity contribution is 5.79. The number of ether oxygens (including phenoxy) is 1. The molecule has 1 saturated carbocycles. The van der Waals surface area contributed by atoms with Gasteiger partial charge >= 0.3 is 6.09 Å². The molecular weight excluding hydrogens is 244 g/mol. The Morgan fingerprint density at radius 3 is 2.68 bits per heavy atom. The summed E-state index contributed by atoms with van der Waals surface area (Å²) in [5.41, 5.74) is 0.386. The topological polar surface area (TPSA) is 70.9 Å². The molecule has 5 heteroatoms. The summed E-state index contributed by atoms with van der Waals surface area (Å²) in [6, 6.07) is 9.50. The molecule has 1 amide bonds. The van der Waals surface area contributed by atoms with Gasteiger partial charge in [0, 0.05) is 0 Å². The van der Waals surface area contributed by atoms with E-state index in [9.17, 15) is 4.79 Å². The van der Waals surface area contributed by atoms with E-state index in [1.54, 1.807) is 0 Å². The number of carbonyl (C=O) groups excluding carboxylic acids is 1. The summed E-state index contributed by atoms with van der Waals surface area (Å²) in [5, 5.41) is 14.5. The van der Waals surface area contributed by atoms with Crippen LogP contribution in [0.5, 0.6) is 0 Å². The minimum atomic E-state index is -0.553. The smallest absolute Gasteiger partial charge is 0.408 e. The van der Waals surface area contributed by atoms with Crippen molar-refractivity contribution < 1.29 is 14.7 Å². The maximum Gasteiger partial charge on any atom is 0.408 e. The molecule has 0 unspecified atom stereocenters. The first-order valence-corrected chi connectivity index (χ1v) is 6.42. The van der Waals surface area contributed by atoms with Gasteiger partial charge in [-0.3, -0.25) is 0 Å². The molecule has 1 aromatic carbocycles. The zero-order valence-electron chi connectivity index (χ0n) is 10.7. The Bertz CT molecular complexity index is 439. The average Bonchev–Trinajstić information content (AvgIpc) is 2.86. The van der Waals surface area contributed by atoms with Gasteiger partial charge in [-0.15, -0.1) is 0 Å². The molecule has 0 aliphatic heterocycles. The van der Waals surface area contributed by atoms with Crippen molar-refractivity contribution in [2.24, 2.45) is 5.16 Å². The van der Waals surface area contributed by atoms with E-state index in [-0.39, 0.29) is 6.61 Å². The molecule has 0 saturated heterocycles. The van der Waals surface area contributed by atoms with Gasteiger partial charge in [0.15, 0.2) is 0 Å². The third-order valence-corrected chi connectivity index (χ3v) is 3.36. The van der Waals surface area contributed by atoms with Crippen molar-refractivity contribution in [1.29, 1.82) is 0 Å². The van der Waals surface area contributed by atoms with E-state index in [1.807, 2.05) is 30.3 Å². The van der Waals surface area contributed by atoms with Crippen LogP contribution in [-0.4, -0.2) is 23.1 Å². The van der Waals surface area contributed by atoms with E-state index in [0.29, 0.717) is 0 Å². The third kappa shape index (κ3) is 3.71. The van der Waals surface area contributed by atoms with Gasteiger partial charge < -0.3 is 15.3 Å². The van der Waals surface area contributed by atoms with E-state index in [0.717, 1.165) is 31.2 Å². The number of rotatable bonds is 4. The summed E-state index contributed by atoms with van der Waals surface area (Å²) in [6.07, 6.45) is 4.47. The zero-order chi connectivity index (χ0) is 13.6. The number of carbonyl (C=O) groups is 1. The first-order chi connectivity index (χ1) is 9.24. The van der Waals surface area contributed by atoms with Crippen LogP contribution in [0.2, 0.25) is 0 Å². The normalized spacial score (nSPS) is 17.5. The fourth-order valence-electron chi connectivity index (χ4n) is 2.37. The molecule has 0 bridgehead atoms. The summed E-state index contributed by atoms with van der Waals surface area (Å²) in [7, 11) is 0. The molecule has 1 aliphatic carbocycles. The molecule has 2 N–H and O–H groups in total. The average molecular weight is 262 g/mol. The quantitative estimate of drug-likeness (QED) is 0.498. The van der Waals surface area contributed by atoms with Gasteiger partial charge in [-0.1, -0.05) is 48.3 Å². The predicted octanol–water partition coefficient (Wildman–Crippen LogP) is 2.69. The lowest BCUT2D eigenvalue weighted by atomic mass is 10.00. The first kappa shape index (κ1) is 13.4. The summed E-state index contributed by atoms with van der Waals surface area (Å²) in [4.78, 5) is 11.8. The minimum Gasteiger partial charge on any atom is -0.445 e. The van der Waals surface area contributed by atoms with Gasteiger partial charge in [-0.25, -0.2) is 4.79 Å². The standard InChI is InChI=1S/C14H18N2O3/c17-13(19-10-12-6-2-1-3-7-12)16-14(11-15-18)8-4-5-9-14/h1-3,6-7,11,18H,4-5,8-10H2,(H,16,17). The summed E-state index contributed by atoms with van der Waals surface area (Å²) < 4.78 is 5.17. The van der Waals surface area contributed by atoms with Gasteiger partial charge in [0.1, 0.15) is 6.61 Å². The lowest BCUT2D eigenvalue weighted by Gasteiger charge is -2.24. The number of alkyl carbamates (subject to hydrolysis) is 1. The maximum atomic E-state index is 11.8. The molecule has 2 rings (SSSR count). The van der Waals surface area contributed by atoms with Crippen molar-refractivity contribution in [3.63, 3.8) is 0 Å². The number of benzene rings is 1. The molecule has 102 valence electrons. The van der Waals surface area contributed by atoms with Crippen LogP contribution in [0.15, 0.2) is 35.5 Å². The molecule has 0 atom stereocenters. The fourth-order valence-corrected chi connectivity index (χ4v) is 2.37. The summed E-state index contributed by atoms with van der Waals surface area (Å²) in [5.74, 6) is 0. The second-order valence-electron chi connectivity index (χ2n) is 4.79. The second-order valence-corrected chi connectivity index (χ2v) is 4.79. The lowest BCUT2D eigenvalue weighted by Crippen LogP contribution is -2.47. The van der Waals surface area contributed by atoms with Gasteiger partial charge in [0.25, 0.3) is 0 Å². The predicted molar refractivity (Wildman–Crippen MR) is 71.2 cm³/mol. The van der Waals surface area contributed by atoms with E-state index in [2.05, 4.69) is 10.5 Å². The molecule has 19 heavy (non-hydrogen) atoms. The highest BCUT2D eigenvalue weighted by Crippen LogP contribution is 2.28. The molecule has 1 aliphatic rings. The van der Waals surface area contributed by atoms with Crippen LogP contribution in [-0.2, 0) is 11.3 Å². The Kier molecular flexibility index (Phi) is 4.39. The number of oxime groups is 1. The van der Waals surface area contributed by atoms with Crippen molar-refractivity contribution >= 4 is 12.3 Å². The third-order valence-electron chi connectivity index (χ3n) is 3.36. The summed E-state index contributed by atoms with van der Waals surface area (Å²) >= 11 is 0. The molecule has 0 spiro atoms. The van der Waals surface area contributed by atoms with Gasteiger partial charge in [0.2, 0.25) is 0 Å². The Hall–Kier alpha value is -2.04. The van der Waals surface area contributed by atoms with E-state index < -0.39 is 11.6 Å². The molecule has 0 radical (unpaired) electrons. The highest BCUT2D eigenvalue weighted by atomic mass is 16.5. The Morgan fingerprint density at radius 2 is 2.05 bits per heavy atom. The minimum absolute atomic E-state index is 0.235. The molecular formula is C14H18N2O3. The van der Waals surface area contributed by atoms with E-state index >= 15 is 0 Å². The lowest BCUT2D eigenvalue weighted by molar-refractivity contribution is 0.132. The molecule has 1 aromatic rings. The van der Waals surface area contributed by atoms with Gasteiger partial charge in [-0.05, 0) is 18.4 Å². The Balaban J connectivity index is 1.86. The highest BCUT2D eigenvalue weighted by Gasteiger charge is 2.34. The number of amides is 1. The van der Waals surface area contributed by atoms with Crippen LogP contribution in [0.1, 0.15) is 31.2 Å². The number of nitrogens with one attached hydrogen (secondary N) is 1. The molecule has 5 nitrogen and oxygen atoms in total. The number of hydrogen-bond acceptors (Lipinski definition) is 4. The molecule has 0 aromatic heterocycles. The number of hydrogen-bond donors (Lipinski definition) is 2. The molecule has 1 fully saturated rings. The van der Waals surface area contributed by atoms with Crippen molar-refractivity contribution in [2.75, 3.05) is 0 Å². The van der Waals surface area contributed by atoms with E-state index in [1.165, 1.54) is 6.21 Å². The van der Waals surface area contributed by atoms with Crippen molar-refractivity contribution in [3.05, 3.63) is 35.9 Å². The maximum absolute atomic E-state index is 11.8. The largest absolute Gasteiger partial charge is 0.445 e. The van der Waals surface area contributed by atoms with E-state index in [4.69, 9.17) is 9.94 Å². The van der Waals surface area contributed by atoms with Crippen LogP contribution >= 0.6 is 0 Å². The SMILES string of the molecule is O=C(NC1(C=NO)CCCC1)OCc1ccccc1. The Morgan fingerprint density at radius 1 is 1.37 bits per heavy atom. The van der Waals surface area contributed by atoms with Crippen molar-refractivity contribution in [1.82, 2.24) is 5.32 Å². The summed E-state index contributed by atoms with van der Waals surface area (Å²) in [6.45, 7) is 0.235. The monoisotopic (exact) mass is 262 g/mol. The van der Waals surface area contributed by atoms with Crippen LogP contribution in [0.4, 0.5) is 4.79 Å². The van der Waals surface area contributed by atoms with Gasteiger partial charge in [0.05, 0.1) is 11.8 Å². The zero-order valence-corrected chi connectivity index (χ0v) is 10.7. The Labute approximate surface area is 112 Å².